The first-order valence-electron chi connectivity index (χ1n) is 10.1. The SMILES string of the molecule is CCCCCCc1cc(CCC)c(S(=O)(=O)O)cc1CCCCCC. The molecule has 1 rings (SSSR count). The number of aryl methyl sites for hydroxylation is 3. The van der Waals surface area contributed by atoms with Crippen molar-refractivity contribution >= 4 is 10.1 Å². The third kappa shape index (κ3) is 7.91. The Bertz CT molecular complexity index is 606. The van der Waals surface area contributed by atoms with E-state index in [1.54, 1.807) is 6.07 Å². The highest BCUT2D eigenvalue weighted by Crippen LogP contribution is 2.26. The van der Waals surface area contributed by atoms with E-state index in [2.05, 4.69) is 13.8 Å². The van der Waals surface area contributed by atoms with E-state index in [0.29, 0.717) is 6.42 Å². The molecule has 0 amide bonds. The molecule has 0 heterocycles. The normalized spacial score (nSPS) is 11.8. The average Bonchev–Trinajstić information content (AvgIpc) is 2.56. The first-order valence-corrected chi connectivity index (χ1v) is 11.5. The second-order valence-electron chi connectivity index (χ2n) is 7.08. The van der Waals surface area contributed by atoms with Gasteiger partial charge in [-0.2, -0.15) is 8.42 Å². The van der Waals surface area contributed by atoms with Crippen LogP contribution in [-0.2, 0) is 29.4 Å². The Kier molecular flexibility index (Phi) is 10.4. The molecular formula is C21H36O3S. The first-order chi connectivity index (χ1) is 11.9. The minimum absolute atomic E-state index is 0.122. The highest BCUT2D eigenvalue weighted by atomic mass is 32.2. The van der Waals surface area contributed by atoms with Crippen LogP contribution in [0.3, 0.4) is 0 Å². The van der Waals surface area contributed by atoms with Gasteiger partial charge in [0, 0.05) is 0 Å². The number of benzene rings is 1. The molecule has 1 N–H and O–H groups in total. The molecule has 0 unspecified atom stereocenters. The van der Waals surface area contributed by atoms with Crippen LogP contribution in [0.2, 0.25) is 0 Å². The zero-order valence-corrected chi connectivity index (χ0v) is 17.1. The summed E-state index contributed by atoms with van der Waals surface area (Å²) in [6, 6.07) is 3.80. The van der Waals surface area contributed by atoms with Crippen molar-refractivity contribution in [2.24, 2.45) is 0 Å². The lowest BCUT2D eigenvalue weighted by atomic mass is 9.93. The Morgan fingerprint density at radius 3 is 1.64 bits per heavy atom. The van der Waals surface area contributed by atoms with E-state index in [4.69, 9.17) is 0 Å². The van der Waals surface area contributed by atoms with Crippen molar-refractivity contribution < 1.29 is 13.0 Å². The van der Waals surface area contributed by atoms with Gasteiger partial charge in [-0.3, -0.25) is 4.55 Å². The molecule has 3 nitrogen and oxygen atoms in total. The first kappa shape index (κ1) is 22.2. The van der Waals surface area contributed by atoms with Gasteiger partial charge in [-0.25, -0.2) is 0 Å². The zero-order chi connectivity index (χ0) is 18.7. The van der Waals surface area contributed by atoms with E-state index in [1.807, 2.05) is 13.0 Å². The second-order valence-corrected chi connectivity index (χ2v) is 8.46. The third-order valence-electron chi connectivity index (χ3n) is 4.78. The van der Waals surface area contributed by atoms with E-state index >= 15 is 0 Å². The van der Waals surface area contributed by atoms with Crippen LogP contribution in [-0.4, -0.2) is 13.0 Å². The fourth-order valence-electron chi connectivity index (χ4n) is 3.37. The topological polar surface area (TPSA) is 54.4 Å². The van der Waals surface area contributed by atoms with Crippen molar-refractivity contribution in [2.45, 2.75) is 103 Å². The Morgan fingerprint density at radius 2 is 1.20 bits per heavy atom. The van der Waals surface area contributed by atoms with E-state index in [-0.39, 0.29) is 4.90 Å². The molecule has 0 bridgehead atoms. The summed E-state index contributed by atoms with van der Waals surface area (Å²) in [6.45, 7) is 6.43. The summed E-state index contributed by atoms with van der Waals surface area (Å²) in [5.74, 6) is 0. The van der Waals surface area contributed by atoms with Crippen LogP contribution in [0.1, 0.15) is 95.2 Å². The lowest BCUT2D eigenvalue weighted by Gasteiger charge is -2.15. The van der Waals surface area contributed by atoms with Gasteiger partial charge in [0.2, 0.25) is 0 Å². The third-order valence-corrected chi connectivity index (χ3v) is 5.72. The molecular weight excluding hydrogens is 332 g/mol. The zero-order valence-electron chi connectivity index (χ0n) is 16.3. The van der Waals surface area contributed by atoms with Crippen molar-refractivity contribution in [3.8, 4) is 0 Å². The number of unbranched alkanes of at least 4 members (excludes halogenated alkanes) is 6. The molecule has 0 saturated heterocycles. The Balaban J connectivity index is 3.08. The Morgan fingerprint density at radius 1 is 0.680 bits per heavy atom. The summed E-state index contributed by atoms with van der Waals surface area (Å²) >= 11 is 0. The molecule has 0 aliphatic rings. The van der Waals surface area contributed by atoms with Crippen molar-refractivity contribution in [1.29, 1.82) is 0 Å². The standard InChI is InChI=1S/C21H36O3S/c1-4-7-9-11-14-18-16-20(13-6-3)21(25(22,23)24)17-19(18)15-12-10-8-5-2/h16-17H,4-15H2,1-3H3,(H,22,23,24). The van der Waals surface area contributed by atoms with E-state index in [0.717, 1.165) is 43.2 Å². The number of rotatable bonds is 13. The molecule has 0 radical (unpaired) electrons. The van der Waals surface area contributed by atoms with Crippen LogP contribution < -0.4 is 0 Å². The predicted octanol–water partition coefficient (Wildman–Crippen LogP) is 6.13. The molecule has 144 valence electrons. The summed E-state index contributed by atoms with van der Waals surface area (Å²) in [5, 5.41) is 0. The van der Waals surface area contributed by atoms with Gasteiger partial charge in [0.1, 0.15) is 0 Å². The summed E-state index contributed by atoms with van der Waals surface area (Å²) in [5.41, 5.74) is 3.16. The van der Waals surface area contributed by atoms with Crippen LogP contribution in [0.5, 0.6) is 0 Å². The maximum atomic E-state index is 11.8. The smallest absolute Gasteiger partial charge is 0.282 e. The summed E-state index contributed by atoms with van der Waals surface area (Å²) in [7, 11) is -4.16. The number of hydrogen-bond donors (Lipinski definition) is 1. The summed E-state index contributed by atoms with van der Waals surface area (Å²) in [4.78, 5) is 0.122. The van der Waals surface area contributed by atoms with Gasteiger partial charge in [0.25, 0.3) is 10.1 Å². The molecule has 0 spiro atoms. The highest BCUT2D eigenvalue weighted by molar-refractivity contribution is 7.85. The van der Waals surface area contributed by atoms with Crippen LogP contribution in [0.25, 0.3) is 0 Å². The van der Waals surface area contributed by atoms with Crippen molar-refractivity contribution in [2.75, 3.05) is 0 Å². The lowest BCUT2D eigenvalue weighted by Crippen LogP contribution is -2.07. The van der Waals surface area contributed by atoms with Crippen LogP contribution >= 0.6 is 0 Å². The number of hydrogen-bond acceptors (Lipinski definition) is 2. The van der Waals surface area contributed by atoms with Crippen molar-refractivity contribution in [3.05, 3.63) is 28.8 Å². The molecule has 0 fully saturated rings. The average molecular weight is 369 g/mol. The van der Waals surface area contributed by atoms with Crippen LogP contribution in [0.15, 0.2) is 17.0 Å². The van der Waals surface area contributed by atoms with Gasteiger partial charge in [-0.15, -0.1) is 0 Å². The molecule has 0 atom stereocenters. The minimum Gasteiger partial charge on any atom is -0.282 e. The van der Waals surface area contributed by atoms with Gasteiger partial charge in [0.15, 0.2) is 0 Å². The highest BCUT2D eigenvalue weighted by Gasteiger charge is 2.18. The predicted molar refractivity (Wildman–Crippen MR) is 106 cm³/mol. The van der Waals surface area contributed by atoms with Gasteiger partial charge in [-0.1, -0.05) is 71.8 Å². The fourth-order valence-corrected chi connectivity index (χ4v) is 4.16. The largest absolute Gasteiger partial charge is 0.294 e. The Labute approximate surface area is 155 Å². The lowest BCUT2D eigenvalue weighted by molar-refractivity contribution is 0.481. The second kappa shape index (κ2) is 11.7. The fraction of sp³-hybridized carbons (Fsp3) is 0.714. The molecule has 0 aliphatic carbocycles. The minimum atomic E-state index is -4.16. The molecule has 0 saturated carbocycles. The summed E-state index contributed by atoms with van der Waals surface area (Å²) < 4.78 is 33.3. The van der Waals surface area contributed by atoms with E-state index in [1.165, 1.54) is 44.1 Å². The maximum absolute atomic E-state index is 11.8. The Hall–Kier alpha value is -0.870. The van der Waals surface area contributed by atoms with Crippen molar-refractivity contribution in [3.63, 3.8) is 0 Å². The van der Waals surface area contributed by atoms with E-state index < -0.39 is 10.1 Å². The molecule has 25 heavy (non-hydrogen) atoms. The van der Waals surface area contributed by atoms with Crippen molar-refractivity contribution in [1.82, 2.24) is 0 Å². The quantitative estimate of drug-likeness (QED) is 0.336. The van der Waals surface area contributed by atoms with Gasteiger partial charge < -0.3 is 0 Å². The molecule has 4 heteroatoms. The maximum Gasteiger partial charge on any atom is 0.294 e. The molecule has 0 aromatic heterocycles. The molecule has 0 aliphatic heterocycles. The van der Waals surface area contributed by atoms with Crippen LogP contribution in [0.4, 0.5) is 0 Å². The van der Waals surface area contributed by atoms with Gasteiger partial charge in [-0.05, 0) is 54.9 Å². The summed E-state index contributed by atoms with van der Waals surface area (Å²) in [6.07, 6.45) is 12.9. The van der Waals surface area contributed by atoms with Gasteiger partial charge >= 0.3 is 0 Å². The van der Waals surface area contributed by atoms with Crippen LogP contribution in [0, 0.1) is 0 Å². The molecule has 1 aromatic carbocycles. The molecule has 1 aromatic rings. The van der Waals surface area contributed by atoms with Gasteiger partial charge in [0.05, 0.1) is 4.90 Å². The van der Waals surface area contributed by atoms with E-state index in [9.17, 15) is 13.0 Å². The monoisotopic (exact) mass is 368 g/mol.